The fourth-order valence-corrected chi connectivity index (χ4v) is 1.75. The van der Waals surface area contributed by atoms with Crippen LogP contribution in [0.5, 0.6) is 0 Å². The number of pyridine rings is 1. The lowest BCUT2D eigenvalue weighted by molar-refractivity contribution is 0.794. The van der Waals surface area contributed by atoms with Gasteiger partial charge in [-0.25, -0.2) is 0 Å². The molecule has 1 fully saturated rings. The maximum atomic E-state index is 4.73. The lowest BCUT2D eigenvalue weighted by Gasteiger charge is -2.10. The van der Waals surface area contributed by atoms with Crippen molar-refractivity contribution in [3.8, 4) is 0 Å². The monoisotopic (exact) mass is 175 g/mol. The smallest absolute Gasteiger partial charge is 0.0461 e. The van der Waals surface area contributed by atoms with Gasteiger partial charge >= 0.3 is 0 Å². The summed E-state index contributed by atoms with van der Waals surface area (Å²) in [5.74, 6) is 1.33. The van der Waals surface area contributed by atoms with Gasteiger partial charge in [-0.3, -0.25) is 4.98 Å². The van der Waals surface area contributed by atoms with Crippen LogP contribution in [0, 0.1) is 6.92 Å². The number of aromatic nitrogens is 1. The van der Waals surface area contributed by atoms with Gasteiger partial charge in [-0.15, -0.1) is 0 Å². The van der Waals surface area contributed by atoms with Gasteiger partial charge in [-0.1, -0.05) is 19.9 Å². The first-order valence-corrected chi connectivity index (χ1v) is 5.16. The Hall–Kier alpha value is -0.850. The standard InChI is InChI=1S/C12H17N/c1-8(2)12-9(3)4-7-11(13-12)10-5-6-10/h4,7-8,10H,5-6H2,1-3H3. The molecule has 1 aliphatic rings. The SMILES string of the molecule is Cc1ccc(C2CC2)nc1C(C)C. The molecule has 0 bridgehead atoms. The van der Waals surface area contributed by atoms with Crippen LogP contribution >= 0.6 is 0 Å². The van der Waals surface area contributed by atoms with Crippen LogP contribution in [-0.2, 0) is 0 Å². The van der Waals surface area contributed by atoms with E-state index in [0.29, 0.717) is 5.92 Å². The molecule has 1 aliphatic carbocycles. The summed E-state index contributed by atoms with van der Waals surface area (Å²) in [6.45, 7) is 6.58. The van der Waals surface area contributed by atoms with Crippen LogP contribution in [0.2, 0.25) is 0 Å². The van der Waals surface area contributed by atoms with Crippen LogP contribution in [0.3, 0.4) is 0 Å². The zero-order valence-electron chi connectivity index (χ0n) is 8.67. The van der Waals surface area contributed by atoms with E-state index in [1.54, 1.807) is 0 Å². The summed E-state index contributed by atoms with van der Waals surface area (Å²) in [4.78, 5) is 4.73. The highest BCUT2D eigenvalue weighted by Gasteiger charge is 2.25. The number of hydrogen-bond acceptors (Lipinski definition) is 1. The lowest BCUT2D eigenvalue weighted by atomic mass is 10.0. The highest BCUT2D eigenvalue weighted by atomic mass is 14.7. The van der Waals surface area contributed by atoms with Crippen LogP contribution < -0.4 is 0 Å². The Labute approximate surface area is 80.2 Å². The van der Waals surface area contributed by atoms with Gasteiger partial charge in [0.15, 0.2) is 0 Å². The second-order valence-electron chi connectivity index (χ2n) is 4.37. The summed E-state index contributed by atoms with van der Waals surface area (Å²) < 4.78 is 0. The Bertz CT molecular complexity index is 311. The van der Waals surface area contributed by atoms with Gasteiger partial charge in [0, 0.05) is 17.3 Å². The zero-order chi connectivity index (χ0) is 9.42. The molecule has 1 aromatic heterocycles. The van der Waals surface area contributed by atoms with E-state index < -0.39 is 0 Å². The maximum absolute atomic E-state index is 4.73. The predicted molar refractivity (Wildman–Crippen MR) is 55.0 cm³/mol. The van der Waals surface area contributed by atoms with E-state index in [-0.39, 0.29) is 0 Å². The number of hydrogen-bond donors (Lipinski definition) is 0. The fourth-order valence-electron chi connectivity index (χ4n) is 1.75. The van der Waals surface area contributed by atoms with Crippen molar-refractivity contribution in [2.75, 3.05) is 0 Å². The molecular weight excluding hydrogens is 158 g/mol. The molecule has 0 radical (unpaired) electrons. The van der Waals surface area contributed by atoms with Gasteiger partial charge in [0.2, 0.25) is 0 Å². The van der Waals surface area contributed by atoms with Gasteiger partial charge in [0.25, 0.3) is 0 Å². The second-order valence-corrected chi connectivity index (χ2v) is 4.37. The molecule has 0 unspecified atom stereocenters. The van der Waals surface area contributed by atoms with Crippen molar-refractivity contribution >= 4 is 0 Å². The van der Waals surface area contributed by atoms with Crippen molar-refractivity contribution in [3.63, 3.8) is 0 Å². The van der Waals surface area contributed by atoms with Gasteiger partial charge in [0.1, 0.15) is 0 Å². The van der Waals surface area contributed by atoms with E-state index in [9.17, 15) is 0 Å². The van der Waals surface area contributed by atoms with E-state index >= 15 is 0 Å². The molecule has 1 heterocycles. The third kappa shape index (κ3) is 1.74. The Balaban J connectivity index is 2.36. The molecule has 1 aromatic rings. The molecule has 0 spiro atoms. The van der Waals surface area contributed by atoms with Crippen LogP contribution in [-0.4, -0.2) is 4.98 Å². The third-order valence-corrected chi connectivity index (χ3v) is 2.70. The average Bonchev–Trinajstić information content (AvgIpc) is 2.87. The highest BCUT2D eigenvalue weighted by Crippen LogP contribution is 2.39. The van der Waals surface area contributed by atoms with Crippen LogP contribution in [0.25, 0.3) is 0 Å². The summed E-state index contributed by atoms with van der Waals surface area (Å²) in [6.07, 6.45) is 2.68. The van der Waals surface area contributed by atoms with Crippen molar-refractivity contribution in [1.29, 1.82) is 0 Å². The minimum atomic E-state index is 0.554. The normalized spacial score (nSPS) is 16.6. The Morgan fingerprint density at radius 1 is 1.31 bits per heavy atom. The molecular formula is C12H17N. The van der Waals surface area contributed by atoms with E-state index in [0.717, 1.165) is 5.92 Å². The largest absolute Gasteiger partial charge is 0.257 e. The molecule has 0 aliphatic heterocycles. The summed E-state index contributed by atoms with van der Waals surface area (Å²) in [5, 5.41) is 0. The molecule has 1 heteroatoms. The van der Waals surface area contributed by atoms with Gasteiger partial charge in [0.05, 0.1) is 0 Å². The third-order valence-electron chi connectivity index (χ3n) is 2.70. The zero-order valence-corrected chi connectivity index (χ0v) is 8.67. The Kier molecular flexibility index (Phi) is 2.10. The first kappa shape index (κ1) is 8.74. The molecule has 0 saturated heterocycles. The minimum absolute atomic E-state index is 0.554. The molecule has 0 amide bonds. The van der Waals surface area contributed by atoms with Crippen molar-refractivity contribution in [2.24, 2.45) is 0 Å². The van der Waals surface area contributed by atoms with E-state index in [2.05, 4.69) is 32.9 Å². The van der Waals surface area contributed by atoms with Crippen molar-refractivity contribution in [2.45, 2.75) is 45.4 Å². The van der Waals surface area contributed by atoms with Gasteiger partial charge < -0.3 is 0 Å². The number of nitrogens with zero attached hydrogens (tertiary/aromatic N) is 1. The molecule has 1 nitrogen and oxygen atoms in total. The molecule has 1 saturated carbocycles. The van der Waals surface area contributed by atoms with Crippen molar-refractivity contribution < 1.29 is 0 Å². The topological polar surface area (TPSA) is 12.9 Å². The van der Waals surface area contributed by atoms with Crippen molar-refractivity contribution in [3.05, 3.63) is 29.1 Å². The summed E-state index contributed by atoms with van der Waals surface area (Å²) in [5.41, 5.74) is 3.93. The first-order chi connectivity index (χ1) is 6.18. The van der Waals surface area contributed by atoms with Gasteiger partial charge in [-0.05, 0) is 37.3 Å². The van der Waals surface area contributed by atoms with Crippen LogP contribution in [0.15, 0.2) is 12.1 Å². The predicted octanol–water partition coefficient (Wildman–Crippen LogP) is 3.39. The molecule has 0 atom stereocenters. The quantitative estimate of drug-likeness (QED) is 0.671. The average molecular weight is 175 g/mol. The second kappa shape index (κ2) is 3.13. The molecule has 0 aromatic carbocycles. The molecule has 0 N–H and O–H groups in total. The fraction of sp³-hybridized carbons (Fsp3) is 0.583. The summed E-state index contributed by atoms with van der Waals surface area (Å²) in [6, 6.07) is 4.41. The van der Waals surface area contributed by atoms with Crippen molar-refractivity contribution in [1.82, 2.24) is 4.98 Å². The number of aryl methyl sites for hydroxylation is 1. The van der Waals surface area contributed by atoms with E-state index in [4.69, 9.17) is 4.98 Å². The Morgan fingerprint density at radius 3 is 2.54 bits per heavy atom. The Morgan fingerprint density at radius 2 is 2.00 bits per heavy atom. The highest BCUT2D eigenvalue weighted by molar-refractivity contribution is 5.27. The van der Waals surface area contributed by atoms with Gasteiger partial charge in [-0.2, -0.15) is 0 Å². The maximum Gasteiger partial charge on any atom is 0.0461 e. The minimum Gasteiger partial charge on any atom is -0.257 e. The van der Waals surface area contributed by atoms with E-state index in [1.165, 1.54) is 29.8 Å². The number of rotatable bonds is 2. The summed E-state index contributed by atoms with van der Waals surface area (Å²) >= 11 is 0. The lowest BCUT2D eigenvalue weighted by Crippen LogP contribution is -1.99. The summed E-state index contributed by atoms with van der Waals surface area (Å²) in [7, 11) is 0. The molecule has 13 heavy (non-hydrogen) atoms. The van der Waals surface area contributed by atoms with Crippen LogP contribution in [0.1, 0.15) is 55.5 Å². The molecule has 70 valence electrons. The molecule has 2 rings (SSSR count). The van der Waals surface area contributed by atoms with Crippen LogP contribution in [0.4, 0.5) is 0 Å². The first-order valence-electron chi connectivity index (χ1n) is 5.16. The van der Waals surface area contributed by atoms with E-state index in [1.807, 2.05) is 0 Å².